The van der Waals surface area contributed by atoms with Crippen LogP contribution in [0.4, 0.5) is 10.2 Å². The molecule has 1 aliphatic rings. The van der Waals surface area contributed by atoms with Crippen molar-refractivity contribution >= 4 is 5.82 Å². The third kappa shape index (κ3) is 3.32. The maximum Gasteiger partial charge on any atom is 0.258 e. The zero-order valence-corrected chi connectivity index (χ0v) is 16.0. The summed E-state index contributed by atoms with van der Waals surface area (Å²) in [5.41, 5.74) is 8.24. The van der Waals surface area contributed by atoms with E-state index in [2.05, 4.69) is 21.1 Å². The summed E-state index contributed by atoms with van der Waals surface area (Å²) < 4.78 is 21.3. The molecule has 9 nitrogen and oxygen atoms in total. The molecule has 148 valence electrons. The van der Waals surface area contributed by atoms with Gasteiger partial charge in [-0.25, -0.2) is 14.4 Å². The van der Waals surface area contributed by atoms with Crippen molar-refractivity contribution in [1.82, 2.24) is 24.8 Å². The van der Waals surface area contributed by atoms with Crippen molar-refractivity contribution in [3.05, 3.63) is 47.2 Å². The summed E-state index contributed by atoms with van der Waals surface area (Å²) in [5.74, 6) is 0.161. The number of nitriles is 1. The van der Waals surface area contributed by atoms with Crippen LogP contribution in [0.15, 0.2) is 24.4 Å². The van der Waals surface area contributed by atoms with E-state index in [4.69, 9.17) is 15.3 Å². The average molecular weight is 395 g/mol. The minimum absolute atomic E-state index is 0.0811. The molecule has 0 spiro atoms. The number of fused-ring (bicyclic) bond motifs is 5. The number of nitrogens with zero attached hydrogens (tertiary/aromatic N) is 6. The topological polar surface area (TPSA) is 115 Å². The highest BCUT2D eigenvalue weighted by atomic mass is 19.1. The molecule has 2 bridgehead atoms. The maximum absolute atomic E-state index is 13.9. The van der Waals surface area contributed by atoms with Gasteiger partial charge in [0.1, 0.15) is 23.7 Å². The number of rotatable bonds is 0. The highest BCUT2D eigenvalue weighted by Crippen LogP contribution is 2.34. The van der Waals surface area contributed by atoms with Gasteiger partial charge in [0.25, 0.3) is 5.88 Å². The smallest absolute Gasteiger partial charge is 0.258 e. The Morgan fingerprint density at radius 3 is 2.90 bits per heavy atom. The molecule has 2 N–H and O–H groups in total. The first kappa shape index (κ1) is 18.6. The fourth-order valence-electron chi connectivity index (χ4n) is 3.24. The van der Waals surface area contributed by atoms with E-state index < -0.39 is 11.9 Å². The Kier molecular flexibility index (Phi) is 4.52. The van der Waals surface area contributed by atoms with E-state index in [1.54, 1.807) is 26.1 Å². The fourth-order valence-corrected chi connectivity index (χ4v) is 3.24. The maximum atomic E-state index is 13.9. The van der Waals surface area contributed by atoms with Gasteiger partial charge in [-0.05, 0) is 25.1 Å². The number of nitrogens with two attached hydrogens (primary N) is 1. The highest BCUT2D eigenvalue weighted by molar-refractivity contribution is 5.69. The summed E-state index contributed by atoms with van der Waals surface area (Å²) in [6.07, 6.45) is 0.846. The van der Waals surface area contributed by atoms with E-state index in [1.165, 1.54) is 29.1 Å². The van der Waals surface area contributed by atoms with Crippen molar-refractivity contribution in [3.8, 4) is 29.0 Å². The second-order valence-electron chi connectivity index (χ2n) is 6.67. The molecule has 1 atom stereocenters. The van der Waals surface area contributed by atoms with Gasteiger partial charge in [-0.15, -0.1) is 5.06 Å². The highest BCUT2D eigenvalue weighted by Gasteiger charge is 2.25. The zero-order chi connectivity index (χ0) is 20.7. The van der Waals surface area contributed by atoms with Crippen LogP contribution in [-0.4, -0.2) is 31.9 Å². The number of benzene rings is 1. The lowest BCUT2D eigenvalue weighted by Gasteiger charge is -2.23. The number of aromatic nitrogens is 4. The van der Waals surface area contributed by atoms with E-state index in [0.717, 1.165) is 0 Å². The van der Waals surface area contributed by atoms with Crippen molar-refractivity contribution in [2.45, 2.75) is 19.6 Å². The first-order valence-corrected chi connectivity index (χ1v) is 8.81. The molecule has 3 heterocycles. The lowest BCUT2D eigenvalue weighted by molar-refractivity contribution is -0.0433. The second-order valence-corrected chi connectivity index (χ2v) is 6.67. The lowest BCUT2D eigenvalue weighted by Crippen LogP contribution is -2.24. The Balaban J connectivity index is 1.93. The monoisotopic (exact) mass is 395 g/mol. The second kappa shape index (κ2) is 7.03. The van der Waals surface area contributed by atoms with Gasteiger partial charge in [0.2, 0.25) is 0 Å². The van der Waals surface area contributed by atoms with Crippen LogP contribution in [0.1, 0.15) is 30.0 Å². The number of anilines is 1. The predicted octanol–water partition coefficient (Wildman–Crippen LogP) is 2.35. The normalized spacial score (nSPS) is 16.3. The molecule has 4 rings (SSSR count). The molecule has 0 amide bonds. The Morgan fingerprint density at radius 2 is 2.14 bits per heavy atom. The molecule has 2 aromatic heterocycles. The SMILES string of the molecule is C[C@H]1Oc2nc(cnc2N)-c2c(nn(C)c2C#N)CN(C)Oc2ccc(F)cc21. The van der Waals surface area contributed by atoms with E-state index in [1.807, 2.05) is 0 Å². The summed E-state index contributed by atoms with van der Waals surface area (Å²) >= 11 is 0. The number of hydroxylamine groups is 2. The predicted molar refractivity (Wildman–Crippen MR) is 101 cm³/mol. The van der Waals surface area contributed by atoms with Gasteiger partial charge in [0.05, 0.1) is 29.7 Å². The third-order valence-electron chi connectivity index (χ3n) is 4.57. The van der Waals surface area contributed by atoms with E-state index >= 15 is 0 Å². The van der Waals surface area contributed by atoms with Crippen LogP contribution in [0.5, 0.6) is 11.6 Å². The summed E-state index contributed by atoms with van der Waals surface area (Å²) in [6, 6.07) is 6.32. The molecule has 10 heteroatoms. The summed E-state index contributed by atoms with van der Waals surface area (Å²) in [6.45, 7) is 1.98. The minimum Gasteiger partial charge on any atom is -0.467 e. The Bertz CT molecular complexity index is 1140. The summed E-state index contributed by atoms with van der Waals surface area (Å²) in [5, 5.41) is 15.6. The van der Waals surface area contributed by atoms with Gasteiger partial charge in [-0.2, -0.15) is 10.4 Å². The van der Waals surface area contributed by atoms with Crippen LogP contribution in [0.3, 0.4) is 0 Å². The van der Waals surface area contributed by atoms with Crippen LogP contribution in [-0.2, 0) is 13.6 Å². The number of ether oxygens (including phenoxy) is 1. The minimum atomic E-state index is -0.621. The first-order chi connectivity index (χ1) is 13.9. The van der Waals surface area contributed by atoms with Gasteiger partial charge >= 0.3 is 0 Å². The van der Waals surface area contributed by atoms with E-state index in [-0.39, 0.29) is 18.2 Å². The molecule has 1 aliphatic heterocycles. The molecular weight excluding hydrogens is 377 g/mol. The Morgan fingerprint density at radius 1 is 1.34 bits per heavy atom. The standard InChI is InChI=1S/C19H18FN7O2/c1-10-12-6-11(20)4-5-16(12)29-26(2)9-14-17(15(7-21)27(3)25-14)13-8-23-18(22)19(24-13)28-10/h4-6,8,10H,9H2,1-3H3,(H2,22,23)/t10-/m1/s1. The molecule has 0 radical (unpaired) electrons. The Hall–Kier alpha value is -3.71. The van der Waals surface area contributed by atoms with Crippen molar-refractivity contribution < 1.29 is 14.0 Å². The van der Waals surface area contributed by atoms with Gasteiger partial charge < -0.3 is 15.3 Å². The van der Waals surface area contributed by atoms with Crippen molar-refractivity contribution in [2.24, 2.45) is 7.05 Å². The van der Waals surface area contributed by atoms with Crippen molar-refractivity contribution in [1.29, 1.82) is 5.26 Å². The van der Waals surface area contributed by atoms with Crippen LogP contribution < -0.4 is 15.3 Å². The molecule has 0 saturated carbocycles. The van der Waals surface area contributed by atoms with E-state index in [0.29, 0.717) is 34.0 Å². The van der Waals surface area contributed by atoms with Gasteiger partial charge in [0.15, 0.2) is 11.6 Å². The number of hydrogen-bond donors (Lipinski definition) is 1. The third-order valence-corrected chi connectivity index (χ3v) is 4.57. The van der Waals surface area contributed by atoms with Crippen LogP contribution in [0.2, 0.25) is 0 Å². The van der Waals surface area contributed by atoms with Crippen molar-refractivity contribution in [3.63, 3.8) is 0 Å². The quantitative estimate of drug-likeness (QED) is 0.617. The number of halogens is 1. The first-order valence-electron chi connectivity index (χ1n) is 8.81. The zero-order valence-electron chi connectivity index (χ0n) is 16.0. The molecule has 29 heavy (non-hydrogen) atoms. The van der Waals surface area contributed by atoms with Gasteiger partial charge in [-0.1, -0.05) is 0 Å². The van der Waals surface area contributed by atoms with E-state index in [9.17, 15) is 9.65 Å². The fraction of sp³-hybridized carbons (Fsp3) is 0.263. The number of hydrogen-bond acceptors (Lipinski definition) is 8. The molecule has 0 saturated heterocycles. The molecule has 0 aliphatic carbocycles. The van der Waals surface area contributed by atoms with Crippen LogP contribution >= 0.6 is 0 Å². The molecule has 0 fully saturated rings. The van der Waals surface area contributed by atoms with Crippen LogP contribution in [0, 0.1) is 17.1 Å². The molecule has 3 aromatic rings. The van der Waals surface area contributed by atoms with Crippen LogP contribution in [0.25, 0.3) is 11.3 Å². The van der Waals surface area contributed by atoms with Crippen molar-refractivity contribution in [2.75, 3.05) is 12.8 Å². The number of nitrogen functional groups attached to an aromatic ring is 1. The van der Waals surface area contributed by atoms with Gasteiger partial charge in [-0.3, -0.25) is 4.68 Å². The van der Waals surface area contributed by atoms with Gasteiger partial charge in [0, 0.05) is 19.7 Å². The number of aryl methyl sites for hydroxylation is 1. The largest absolute Gasteiger partial charge is 0.467 e. The molecular formula is C19H18FN7O2. The Labute approximate surface area is 166 Å². The lowest BCUT2D eigenvalue weighted by atomic mass is 10.1. The average Bonchev–Trinajstić information content (AvgIpc) is 2.98. The molecule has 1 aromatic carbocycles. The summed E-state index contributed by atoms with van der Waals surface area (Å²) in [4.78, 5) is 14.6. The molecule has 0 unspecified atom stereocenters. The summed E-state index contributed by atoms with van der Waals surface area (Å²) in [7, 11) is 3.39.